The molecule has 0 atom stereocenters. The summed E-state index contributed by atoms with van der Waals surface area (Å²) in [7, 11) is 0. The third-order valence-electron chi connectivity index (χ3n) is 3.29. The van der Waals surface area contributed by atoms with Crippen LogP contribution in [0.25, 0.3) is 6.08 Å². The average Bonchev–Trinajstić information content (AvgIpc) is 2.61. The Hall–Kier alpha value is -2.58. The molecule has 0 saturated carbocycles. The molecule has 0 spiro atoms. The lowest BCUT2D eigenvalue weighted by Gasteiger charge is -2.07. The van der Waals surface area contributed by atoms with E-state index < -0.39 is 5.97 Å². The SMILES string of the molecule is CCCOc1ccc(/C=C(\C#N)C(=O)Oc2ccc(C)cc2Br)cc1. The second-order valence-corrected chi connectivity index (χ2v) is 6.27. The highest BCUT2D eigenvalue weighted by Gasteiger charge is 2.14. The highest BCUT2D eigenvalue weighted by molar-refractivity contribution is 9.10. The summed E-state index contributed by atoms with van der Waals surface area (Å²) in [6, 6.07) is 14.4. The molecule has 0 aliphatic heterocycles. The molecule has 0 fully saturated rings. The second-order valence-electron chi connectivity index (χ2n) is 5.41. The Labute approximate surface area is 155 Å². The van der Waals surface area contributed by atoms with Crippen LogP contribution >= 0.6 is 15.9 Å². The van der Waals surface area contributed by atoms with Crippen LogP contribution in [0.3, 0.4) is 0 Å². The van der Waals surface area contributed by atoms with Crippen LogP contribution in [0.4, 0.5) is 0 Å². The topological polar surface area (TPSA) is 59.3 Å². The minimum Gasteiger partial charge on any atom is -0.494 e. The van der Waals surface area contributed by atoms with Crippen LogP contribution < -0.4 is 9.47 Å². The summed E-state index contributed by atoms with van der Waals surface area (Å²) >= 11 is 3.35. The highest BCUT2D eigenvalue weighted by Crippen LogP contribution is 2.26. The number of benzene rings is 2. The summed E-state index contributed by atoms with van der Waals surface area (Å²) in [4.78, 5) is 12.2. The van der Waals surface area contributed by atoms with Gasteiger partial charge < -0.3 is 9.47 Å². The summed E-state index contributed by atoms with van der Waals surface area (Å²) in [5.41, 5.74) is 1.68. The van der Waals surface area contributed by atoms with Crippen molar-refractivity contribution in [1.29, 1.82) is 5.26 Å². The molecule has 2 rings (SSSR count). The molecule has 0 radical (unpaired) electrons. The Balaban J connectivity index is 2.13. The fraction of sp³-hybridized carbons (Fsp3) is 0.200. The third-order valence-corrected chi connectivity index (χ3v) is 3.91. The first-order valence-electron chi connectivity index (χ1n) is 7.86. The molecule has 0 heterocycles. The van der Waals surface area contributed by atoms with Gasteiger partial charge in [0.15, 0.2) is 0 Å². The maximum Gasteiger partial charge on any atom is 0.354 e. The van der Waals surface area contributed by atoms with Crippen LogP contribution in [0.1, 0.15) is 24.5 Å². The van der Waals surface area contributed by atoms with Gasteiger partial charge in [-0.15, -0.1) is 0 Å². The minimum absolute atomic E-state index is 0.0744. The molecule has 0 unspecified atom stereocenters. The van der Waals surface area contributed by atoms with Crippen molar-refractivity contribution in [3.63, 3.8) is 0 Å². The quantitative estimate of drug-likeness (QED) is 0.294. The molecule has 4 nitrogen and oxygen atoms in total. The maximum atomic E-state index is 12.2. The summed E-state index contributed by atoms with van der Waals surface area (Å²) < 4.78 is 11.5. The predicted octanol–water partition coefficient (Wildman–Crippen LogP) is 5.06. The van der Waals surface area contributed by atoms with Gasteiger partial charge in [-0.3, -0.25) is 0 Å². The first-order valence-corrected chi connectivity index (χ1v) is 8.65. The van der Waals surface area contributed by atoms with Crippen LogP contribution in [-0.4, -0.2) is 12.6 Å². The van der Waals surface area contributed by atoms with E-state index in [1.54, 1.807) is 30.3 Å². The fourth-order valence-electron chi connectivity index (χ4n) is 2.03. The van der Waals surface area contributed by atoms with Gasteiger partial charge in [0.25, 0.3) is 0 Å². The molecule has 2 aromatic rings. The number of ether oxygens (including phenoxy) is 2. The van der Waals surface area contributed by atoms with E-state index in [4.69, 9.17) is 9.47 Å². The summed E-state index contributed by atoms with van der Waals surface area (Å²) in [5, 5.41) is 9.26. The smallest absolute Gasteiger partial charge is 0.354 e. The molecule has 2 aromatic carbocycles. The maximum absolute atomic E-state index is 12.2. The summed E-state index contributed by atoms with van der Waals surface area (Å²) in [5.74, 6) is 0.432. The number of hydrogen-bond donors (Lipinski definition) is 0. The molecular weight excluding hydrogens is 382 g/mol. The number of carbonyl (C=O) groups excluding carboxylic acids is 1. The van der Waals surface area contributed by atoms with E-state index in [1.807, 2.05) is 32.0 Å². The number of hydrogen-bond acceptors (Lipinski definition) is 4. The predicted molar refractivity (Wildman–Crippen MR) is 100 cm³/mol. The van der Waals surface area contributed by atoms with Crippen molar-refractivity contribution in [1.82, 2.24) is 0 Å². The number of aryl methyl sites for hydroxylation is 1. The van der Waals surface area contributed by atoms with Crippen molar-refractivity contribution < 1.29 is 14.3 Å². The third kappa shape index (κ3) is 5.47. The summed E-state index contributed by atoms with van der Waals surface area (Å²) in [6.07, 6.45) is 2.43. The molecule has 0 aromatic heterocycles. The lowest BCUT2D eigenvalue weighted by atomic mass is 10.1. The first-order chi connectivity index (χ1) is 12.0. The number of halogens is 1. The van der Waals surface area contributed by atoms with Gasteiger partial charge in [0.05, 0.1) is 11.1 Å². The summed E-state index contributed by atoms with van der Waals surface area (Å²) in [6.45, 7) is 4.62. The van der Waals surface area contributed by atoms with E-state index >= 15 is 0 Å². The molecule has 0 saturated heterocycles. The zero-order valence-electron chi connectivity index (χ0n) is 14.1. The molecular formula is C20H18BrNO3. The Kier molecular flexibility index (Phi) is 6.79. The standard InChI is InChI=1S/C20H18BrNO3/c1-3-10-24-17-7-5-15(6-8-17)12-16(13-22)20(23)25-19-9-4-14(2)11-18(19)21/h4-9,11-12H,3,10H2,1-2H3/b16-12+. The molecule has 0 N–H and O–H groups in total. The van der Waals surface area contributed by atoms with Crippen molar-refractivity contribution in [3.8, 4) is 17.6 Å². The van der Waals surface area contributed by atoms with Crippen LogP contribution in [0.15, 0.2) is 52.5 Å². The Morgan fingerprint density at radius 3 is 2.56 bits per heavy atom. The van der Waals surface area contributed by atoms with E-state index in [9.17, 15) is 10.1 Å². The van der Waals surface area contributed by atoms with Crippen molar-refractivity contribution in [2.75, 3.05) is 6.61 Å². The van der Waals surface area contributed by atoms with Gasteiger partial charge in [-0.25, -0.2) is 4.79 Å². The highest BCUT2D eigenvalue weighted by atomic mass is 79.9. The zero-order chi connectivity index (χ0) is 18.2. The molecule has 25 heavy (non-hydrogen) atoms. The molecule has 0 aliphatic carbocycles. The fourth-order valence-corrected chi connectivity index (χ4v) is 2.60. The van der Waals surface area contributed by atoms with Gasteiger partial charge in [-0.2, -0.15) is 5.26 Å². The van der Waals surface area contributed by atoms with Crippen LogP contribution in [0.2, 0.25) is 0 Å². The van der Waals surface area contributed by atoms with Gasteiger partial charge in [0.1, 0.15) is 23.1 Å². The van der Waals surface area contributed by atoms with Gasteiger partial charge >= 0.3 is 5.97 Å². The number of nitrogens with zero attached hydrogens (tertiary/aromatic N) is 1. The Bertz CT molecular complexity index is 820. The number of carbonyl (C=O) groups is 1. The lowest BCUT2D eigenvalue weighted by molar-refractivity contribution is -0.129. The molecule has 5 heteroatoms. The Morgan fingerprint density at radius 2 is 1.96 bits per heavy atom. The molecule has 0 amide bonds. The monoisotopic (exact) mass is 399 g/mol. The molecule has 0 aliphatic rings. The number of esters is 1. The zero-order valence-corrected chi connectivity index (χ0v) is 15.7. The first kappa shape index (κ1) is 18.8. The normalized spacial score (nSPS) is 10.9. The van der Waals surface area contributed by atoms with Gasteiger partial charge in [-0.05, 0) is 70.7 Å². The van der Waals surface area contributed by atoms with E-state index in [0.717, 1.165) is 23.3 Å². The van der Waals surface area contributed by atoms with Crippen molar-refractivity contribution >= 4 is 28.0 Å². The molecule has 128 valence electrons. The number of nitriles is 1. The van der Waals surface area contributed by atoms with Gasteiger partial charge in [-0.1, -0.05) is 25.1 Å². The average molecular weight is 400 g/mol. The van der Waals surface area contributed by atoms with E-state index in [2.05, 4.69) is 15.9 Å². The van der Waals surface area contributed by atoms with Crippen molar-refractivity contribution in [2.24, 2.45) is 0 Å². The Morgan fingerprint density at radius 1 is 1.24 bits per heavy atom. The van der Waals surface area contributed by atoms with Gasteiger partial charge in [0.2, 0.25) is 0 Å². The number of rotatable bonds is 6. The van der Waals surface area contributed by atoms with E-state index in [1.165, 1.54) is 6.08 Å². The molecule has 0 bridgehead atoms. The van der Waals surface area contributed by atoms with Gasteiger partial charge in [0, 0.05) is 0 Å². The van der Waals surface area contributed by atoms with E-state index in [0.29, 0.717) is 16.8 Å². The van der Waals surface area contributed by atoms with E-state index in [-0.39, 0.29) is 5.57 Å². The van der Waals surface area contributed by atoms with Crippen LogP contribution in [0, 0.1) is 18.3 Å². The minimum atomic E-state index is -0.696. The van der Waals surface area contributed by atoms with Crippen molar-refractivity contribution in [3.05, 3.63) is 63.6 Å². The van der Waals surface area contributed by atoms with Crippen LogP contribution in [-0.2, 0) is 4.79 Å². The largest absolute Gasteiger partial charge is 0.494 e. The van der Waals surface area contributed by atoms with Crippen LogP contribution in [0.5, 0.6) is 11.5 Å². The second kappa shape index (κ2) is 9.05. The van der Waals surface area contributed by atoms with Crippen molar-refractivity contribution in [2.45, 2.75) is 20.3 Å². The lowest BCUT2D eigenvalue weighted by Crippen LogP contribution is -2.10.